The molecule has 0 spiro atoms. The molecule has 0 saturated heterocycles. The van der Waals surface area contributed by atoms with E-state index in [9.17, 15) is 5.26 Å². The number of nitrogens with zero attached hydrogens (tertiary/aromatic N) is 2. The molecule has 0 fully saturated rings. The van der Waals surface area contributed by atoms with Crippen molar-refractivity contribution in [3.63, 3.8) is 0 Å². The highest BCUT2D eigenvalue weighted by atomic mass is 16.5. The number of hydrogen-bond donors (Lipinski definition) is 2. The Morgan fingerprint density at radius 3 is 2.59 bits per heavy atom. The number of benzene rings is 1. The molecule has 1 aromatic heterocycles. The van der Waals surface area contributed by atoms with E-state index < -0.39 is 0 Å². The third-order valence-electron chi connectivity index (χ3n) is 4.67. The monoisotopic (exact) mass is 366 g/mol. The smallest absolute Gasteiger partial charge is 0.244 e. The molecule has 27 heavy (non-hydrogen) atoms. The molecule has 3 N–H and O–H groups in total. The van der Waals surface area contributed by atoms with E-state index in [-0.39, 0.29) is 17.2 Å². The quantitative estimate of drug-likeness (QED) is 0.776. The van der Waals surface area contributed by atoms with E-state index in [1.165, 1.54) is 0 Å². The number of ether oxygens (including phenoxy) is 2. The maximum absolute atomic E-state index is 9.72. The predicted molar refractivity (Wildman–Crippen MR) is 103 cm³/mol. The molecule has 0 saturated carbocycles. The predicted octanol–water partition coefficient (Wildman–Crippen LogP) is 4.10. The summed E-state index contributed by atoms with van der Waals surface area (Å²) in [7, 11) is 0. The number of unbranched alkanes of at least 4 members (excludes halogenated alkanes) is 1. The van der Waals surface area contributed by atoms with Gasteiger partial charge in [0.05, 0.1) is 18.1 Å². The van der Waals surface area contributed by atoms with E-state index in [1.54, 1.807) is 0 Å². The van der Waals surface area contributed by atoms with Crippen molar-refractivity contribution in [3.8, 4) is 17.7 Å². The molecular formula is C21H26N4O2. The third kappa shape index (κ3) is 3.63. The van der Waals surface area contributed by atoms with Gasteiger partial charge in [0.2, 0.25) is 11.8 Å². The summed E-state index contributed by atoms with van der Waals surface area (Å²) in [5.41, 5.74) is 8.99. The average molecular weight is 366 g/mol. The van der Waals surface area contributed by atoms with Crippen LogP contribution in [0.2, 0.25) is 0 Å². The number of rotatable bonds is 5. The van der Waals surface area contributed by atoms with E-state index in [1.807, 2.05) is 24.3 Å². The highest BCUT2D eigenvalue weighted by Gasteiger charge is 2.37. The van der Waals surface area contributed by atoms with Crippen LogP contribution in [0.25, 0.3) is 0 Å². The van der Waals surface area contributed by atoms with Crippen molar-refractivity contribution in [2.24, 2.45) is 5.73 Å². The summed E-state index contributed by atoms with van der Waals surface area (Å²) in [5.74, 6) is 1.03. The van der Waals surface area contributed by atoms with Crippen molar-refractivity contribution in [2.45, 2.75) is 51.9 Å². The second-order valence-electron chi connectivity index (χ2n) is 7.76. The zero-order valence-electron chi connectivity index (χ0n) is 16.3. The van der Waals surface area contributed by atoms with Gasteiger partial charge in [-0.3, -0.25) is 5.10 Å². The molecular weight excluding hydrogens is 340 g/mol. The first-order chi connectivity index (χ1) is 12.9. The number of nitrogens with one attached hydrogen (secondary N) is 1. The Labute approximate surface area is 160 Å². The molecule has 0 aliphatic carbocycles. The first kappa shape index (κ1) is 18.8. The summed E-state index contributed by atoms with van der Waals surface area (Å²) in [5, 5.41) is 17.1. The Kier molecular flexibility index (Phi) is 5.13. The van der Waals surface area contributed by atoms with Crippen LogP contribution in [-0.2, 0) is 5.41 Å². The summed E-state index contributed by atoms with van der Waals surface area (Å²) in [6, 6.07) is 10.0. The van der Waals surface area contributed by atoms with Gasteiger partial charge in [0.25, 0.3) is 0 Å². The Bertz CT molecular complexity index is 882. The van der Waals surface area contributed by atoms with Gasteiger partial charge >= 0.3 is 0 Å². The molecule has 1 atom stereocenters. The molecule has 142 valence electrons. The Morgan fingerprint density at radius 2 is 2.00 bits per heavy atom. The van der Waals surface area contributed by atoms with E-state index in [4.69, 9.17) is 15.2 Å². The van der Waals surface area contributed by atoms with Crippen molar-refractivity contribution in [1.29, 1.82) is 5.26 Å². The van der Waals surface area contributed by atoms with Gasteiger partial charge in [-0.15, -0.1) is 5.10 Å². The van der Waals surface area contributed by atoms with Crippen LogP contribution in [-0.4, -0.2) is 16.8 Å². The summed E-state index contributed by atoms with van der Waals surface area (Å²) < 4.78 is 11.4. The molecule has 0 radical (unpaired) electrons. The van der Waals surface area contributed by atoms with Crippen molar-refractivity contribution in [1.82, 2.24) is 10.2 Å². The van der Waals surface area contributed by atoms with Gasteiger partial charge in [0.1, 0.15) is 17.4 Å². The summed E-state index contributed by atoms with van der Waals surface area (Å²) >= 11 is 0. The van der Waals surface area contributed by atoms with Gasteiger partial charge in [0.15, 0.2) is 0 Å². The first-order valence-corrected chi connectivity index (χ1v) is 9.26. The van der Waals surface area contributed by atoms with Crippen LogP contribution in [0.1, 0.15) is 63.3 Å². The van der Waals surface area contributed by atoms with Gasteiger partial charge in [-0.25, -0.2) is 0 Å². The highest BCUT2D eigenvalue weighted by molar-refractivity contribution is 5.56. The molecule has 1 aromatic carbocycles. The molecule has 2 aromatic rings. The Hall–Kier alpha value is -2.94. The lowest BCUT2D eigenvalue weighted by atomic mass is 9.79. The minimum absolute atomic E-state index is 0.102. The van der Waals surface area contributed by atoms with Gasteiger partial charge in [0, 0.05) is 11.1 Å². The Balaban J connectivity index is 2.03. The fourth-order valence-electron chi connectivity index (χ4n) is 3.24. The molecule has 3 rings (SSSR count). The van der Waals surface area contributed by atoms with Gasteiger partial charge < -0.3 is 15.2 Å². The number of hydrogen-bond acceptors (Lipinski definition) is 5. The number of nitrogens with two attached hydrogens (primary N) is 1. The standard InChI is InChI=1S/C21H26N4O2/c1-5-6-11-26-14-9-7-13(8-10-14)16-15(12-22)19(23)27-20-17(16)18(24-25-20)21(2,3)4/h7-10,16H,5-6,11,23H2,1-4H3,(H,24,25). The van der Waals surface area contributed by atoms with Gasteiger partial charge in [-0.05, 0) is 24.1 Å². The van der Waals surface area contributed by atoms with E-state index in [2.05, 4.69) is 44.0 Å². The molecule has 2 heterocycles. The number of allylic oxidation sites excluding steroid dienone is 1. The zero-order valence-corrected chi connectivity index (χ0v) is 16.3. The lowest BCUT2D eigenvalue weighted by molar-refractivity contribution is 0.309. The number of aromatic nitrogens is 2. The van der Waals surface area contributed by atoms with E-state index in [0.717, 1.165) is 35.4 Å². The lowest BCUT2D eigenvalue weighted by Crippen LogP contribution is -2.23. The van der Waals surface area contributed by atoms with Crippen LogP contribution in [0.4, 0.5) is 0 Å². The number of H-pyrrole nitrogens is 1. The van der Waals surface area contributed by atoms with Crippen LogP contribution >= 0.6 is 0 Å². The fraction of sp³-hybridized carbons (Fsp3) is 0.429. The third-order valence-corrected chi connectivity index (χ3v) is 4.67. The molecule has 6 nitrogen and oxygen atoms in total. The van der Waals surface area contributed by atoms with Crippen molar-refractivity contribution >= 4 is 0 Å². The molecule has 1 aliphatic heterocycles. The summed E-state index contributed by atoms with van der Waals surface area (Å²) in [4.78, 5) is 0. The van der Waals surface area contributed by atoms with Crippen LogP contribution in [0.3, 0.4) is 0 Å². The van der Waals surface area contributed by atoms with E-state index >= 15 is 0 Å². The van der Waals surface area contributed by atoms with E-state index in [0.29, 0.717) is 18.1 Å². The zero-order chi connectivity index (χ0) is 19.6. The second-order valence-corrected chi connectivity index (χ2v) is 7.76. The van der Waals surface area contributed by atoms with Crippen LogP contribution in [0.15, 0.2) is 35.7 Å². The largest absolute Gasteiger partial charge is 0.494 e. The van der Waals surface area contributed by atoms with Crippen molar-refractivity contribution in [2.75, 3.05) is 6.61 Å². The van der Waals surface area contributed by atoms with Crippen LogP contribution in [0, 0.1) is 11.3 Å². The minimum Gasteiger partial charge on any atom is -0.494 e. The van der Waals surface area contributed by atoms with Crippen LogP contribution < -0.4 is 15.2 Å². The number of fused-ring (bicyclic) bond motifs is 1. The highest BCUT2D eigenvalue weighted by Crippen LogP contribution is 2.45. The molecule has 0 bridgehead atoms. The van der Waals surface area contributed by atoms with Gasteiger partial charge in [-0.1, -0.05) is 46.2 Å². The summed E-state index contributed by atoms with van der Waals surface area (Å²) in [6.45, 7) is 9.11. The molecule has 0 amide bonds. The number of nitriles is 1. The summed E-state index contributed by atoms with van der Waals surface area (Å²) in [6.07, 6.45) is 2.11. The molecule has 1 aliphatic rings. The second kappa shape index (κ2) is 7.36. The lowest BCUT2D eigenvalue weighted by Gasteiger charge is -2.27. The van der Waals surface area contributed by atoms with Gasteiger partial charge in [-0.2, -0.15) is 5.26 Å². The fourth-order valence-corrected chi connectivity index (χ4v) is 3.24. The first-order valence-electron chi connectivity index (χ1n) is 9.26. The maximum atomic E-state index is 9.72. The van der Waals surface area contributed by atoms with Crippen molar-refractivity contribution in [3.05, 3.63) is 52.5 Å². The average Bonchev–Trinajstić information content (AvgIpc) is 3.05. The normalized spacial score (nSPS) is 16.5. The minimum atomic E-state index is -0.323. The Morgan fingerprint density at radius 1 is 1.30 bits per heavy atom. The van der Waals surface area contributed by atoms with Crippen molar-refractivity contribution < 1.29 is 9.47 Å². The maximum Gasteiger partial charge on any atom is 0.244 e. The molecule has 6 heteroatoms. The SMILES string of the molecule is CCCCOc1ccc(C2C(C#N)=C(N)Oc3n[nH]c(C(C)(C)C)c32)cc1. The topological polar surface area (TPSA) is 96.9 Å². The molecule has 1 unspecified atom stereocenters. The number of aromatic amines is 1. The van der Waals surface area contributed by atoms with Crippen LogP contribution in [0.5, 0.6) is 11.6 Å².